The fourth-order valence-electron chi connectivity index (χ4n) is 9.41. The van der Waals surface area contributed by atoms with Crippen LogP contribution in [0, 0.1) is 12.8 Å². The van der Waals surface area contributed by atoms with Crippen molar-refractivity contribution in [1.29, 1.82) is 0 Å². The SMILES string of the molecule is COc1ccc(C(c2ccc(Oc3ccc(C(=O)c4ccc(C)cc4)cc3)cc2)C23C4=C5C=CC2C=Cc2ccc6ccc(c4c6c23)CC5)cc1. The molecule has 3 atom stereocenters. The molecule has 51 heavy (non-hydrogen) atoms. The molecule has 0 fully saturated rings. The van der Waals surface area contributed by atoms with Crippen molar-refractivity contribution >= 4 is 28.2 Å². The summed E-state index contributed by atoms with van der Waals surface area (Å²) in [4.78, 5) is 13.1. The van der Waals surface area contributed by atoms with Crippen molar-refractivity contribution < 1.29 is 14.3 Å². The molecule has 3 nitrogen and oxygen atoms in total. The molecule has 0 bridgehead atoms. The van der Waals surface area contributed by atoms with Crippen LogP contribution in [0.3, 0.4) is 0 Å². The first-order valence-corrected chi connectivity index (χ1v) is 17.9. The maximum absolute atomic E-state index is 13.1. The van der Waals surface area contributed by atoms with Crippen molar-refractivity contribution in [3.05, 3.63) is 195 Å². The van der Waals surface area contributed by atoms with E-state index in [2.05, 4.69) is 97.1 Å². The number of allylic oxidation sites excluding steroid dienone is 5. The van der Waals surface area contributed by atoms with Crippen LogP contribution in [0.1, 0.15) is 67.2 Å². The fourth-order valence-corrected chi connectivity index (χ4v) is 9.41. The first-order valence-electron chi connectivity index (χ1n) is 17.9. The van der Waals surface area contributed by atoms with E-state index in [4.69, 9.17) is 9.47 Å². The number of carbonyl (C=O) groups excluding carboxylic acids is 1. The van der Waals surface area contributed by atoms with Crippen LogP contribution in [-0.4, -0.2) is 12.9 Å². The highest BCUT2D eigenvalue weighted by Crippen LogP contribution is 2.68. The van der Waals surface area contributed by atoms with Crippen LogP contribution in [0.4, 0.5) is 0 Å². The molecule has 0 heterocycles. The summed E-state index contributed by atoms with van der Waals surface area (Å²) in [5.41, 5.74) is 13.4. The third kappa shape index (κ3) is 4.40. The quantitative estimate of drug-likeness (QED) is 0.152. The second-order valence-corrected chi connectivity index (χ2v) is 14.3. The molecule has 0 aliphatic heterocycles. The standard InChI is InChI=1S/C48H36O3/c1-29-3-5-36(6-4-29)47(49)37-19-27-41(28-20-37)51-40-25-17-33(18-26-40)44(32-15-23-39(50-2)24-16-32)48-38-21-13-34-11-9-30-7-8-31-10-12-35(14-22-38)46(48)43(31)42(30)45(34)48/h3-9,11,13-28,38,44H,10,12H2,1-2H3. The van der Waals surface area contributed by atoms with Gasteiger partial charge >= 0.3 is 0 Å². The zero-order valence-electron chi connectivity index (χ0n) is 28.7. The minimum atomic E-state index is -0.288. The molecular formula is C48H36O3. The minimum Gasteiger partial charge on any atom is -0.497 e. The molecule has 0 amide bonds. The van der Waals surface area contributed by atoms with Crippen molar-refractivity contribution in [2.75, 3.05) is 7.11 Å². The van der Waals surface area contributed by atoms with Crippen molar-refractivity contribution in [1.82, 2.24) is 0 Å². The Hall–Kier alpha value is -5.93. The Morgan fingerprint density at radius 3 is 1.98 bits per heavy atom. The number of methoxy groups -OCH3 is 1. The second kappa shape index (κ2) is 11.3. The van der Waals surface area contributed by atoms with E-state index in [0.717, 1.165) is 29.9 Å². The molecule has 0 spiro atoms. The minimum absolute atomic E-state index is 0.00462. The third-order valence-corrected chi connectivity index (χ3v) is 11.7. The van der Waals surface area contributed by atoms with Gasteiger partial charge in [-0.05, 0) is 124 Å². The summed E-state index contributed by atoms with van der Waals surface area (Å²) >= 11 is 0. The smallest absolute Gasteiger partial charge is 0.193 e. The van der Waals surface area contributed by atoms with Gasteiger partial charge in [-0.25, -0.2) is 0 Å². The highest BCUT2D eigenvalue weighted by molar-refractivity contribution is 6.11. The molecule has 0 saturated carbocycles. The maximum atomic E-state index is 13.1. The van der Waals surface area contributed by atoms with Gasteiger partial charge in [-0.2, -0.15) is 0 Å². The highest BCUT2D eigenvalue weighted by atomic mass is 16.5. The number of ketones is 1. The summed E-state index contributed by atoms with van der Waals surface area (Å²) in [5.74, 6) is 2.55. The van der Waals surface area contributed by atoms with Crippen molar-refractivity contribution in [2.24, 2.45) is 5.92 Å². The number of rotatable bonds is 8. The van der Waals surface area contributed by atoms with Crippen molar-refractivity contribution in [2.45, 2.75) is 31.1 Å². The topological polar surface area (TPSA) is 35.5 Å². The first-order chi connectivity index (χ1) is 25.0. The number of ether oxygens (including phenoxy) is 2. The molecule has 3 unspecified atom stereocenters. The number of aryl methyl sites for hydroxylation is 2. The van der Waals surface area contributed by atoms with Crippen LogP contribution in [0.25, 0.3) is 22.4 Å². The molecule has 0 saturated heterocycles. The summed E-state index contributed by atoms with van der Waals surface area (Å²) in [6.45, 7) is 2.02. The molecule has 0 N–H and O–H groups in total. The molecule has 0 radical (unpaired) electrons. The average Bonchev–Trinajstić information content (AvgIpc) is 3.51. The van der Waals surface area contributed by atoms with Gasteiger partial charge in [0.05, 0.1) is 7.11 Å². The Labute approximate surface area is 298 Å². The molecule has 6 aromatic carbocycles. The normalized spacial score (nSPS) is 19.5. The lowest BCUT2D eigenvalue weighted by atomic mass is 9.52. The van der Waals surface area contributed by atoms with Gasteiger partial charge in [0.1, 0.15) is 17.2 Å². The fraction of sp³-hybridized carbons (Fsp3) is 0.146. The Kier molecular flexibility index (Phi) is 6.63. The summed E-state index contributed by atoms with van der Waals surface area (Å²) in [6, 6.07) is 41.9. The second-order valence-electron chi connectivity index (χ2n) is 14.3. The van der Waals surface area contributed by atoms with Crippen molar-refractivity contribution in [3.63, 3.8) is 0 Å². The van der Waals surface area contributed by atoms with E-state index in [0.29, 0.717) is 16.9 Å². The van der Waals surface area contributed by atoms with Gasteiger partial charge in [0.25, 0.3) is 0 Å². The van der Waals surface area contributed by atoms with Gasteiger partial charge in [0.2, 0.25) is 0 Å². The average molecular weight is 661 g/mol. The molecule has 4 aliphatic rings. The van der Waals surface area contributed by atoms with Gasteiger partial charge in [-0.15, -0.1) is 0 Å². The van der Waals surface area contributed by atoms with E-state index >= 15 is 0 Å². The van der Waals surface area contributed by atoms with Crippen LogP contribution >= 0.6 is 0 Å². The largest absolute Gasteiger partial charge is 0.497 e. The lowest BCUT2D eigenvalue weighted by Gasteiger charge is -2.50. The van der Waals surface area contributed by atoms with Gasteiger partial charge in [0.15, 0.2) is 5.78 Å². The van der Waals surface area contributed by atoms with E-state index in [1.165, 1.54) is 55.3 Å². The summed E-state index contributed by atoms with van der Waals surface area (Å²) in [7, 11) is 1.73. The molecule has 4 aliphatic carbocycles. The molecule has 3 heteroatoms. The van der Waals surface area contributed by atoms with Gasteiger partial charge in [0, 0.05) is 28.4 Å². The van der Waals surface area contributed by atoms with Gasteiger partial charge in [-0.1, -0.05) is 103 Å². The number of benzene rings is 6. The van der Waals surface area contributed by atoms with Crippen LogP contribution in [-0.2, 0) is 11.8 Å². The van der Waals surface area contributed by atoms with Crippen LogP contribution in [0.15, 0.2) is 145 Å². The lowest BCUT2D eigenvalue weighted by molar-refractivity contribution is 0.103. The summed E-state index contributed by atoms with van der Waals surface area (Å²) < 4.78 is 12.0. The number of hydrogen-bond acceptors (Lipinski definition) is 3. The monoisotopic (exact) mass is 660 g/mol. The molecule has 10 rings (SSSR count). The molecule has 6 aromatic rings. The predicted molar refractivity (Wildman–Crippen MR) is 205 cm³/mol. The Morgan fingerprint density at radius 2 is 1.29 bits per heavy atom. The lowest BCUT2D eigenvalue weighted by Crippen LogP contribution is -2.43. The molecular weight excluding hydrogens is 625 g/mol. The Bertz CT molecular complexity index is 2480. The Morgan fingerprint density at radius 1 is 0.686 bits per heavy atom. The zero-order chi connectivity index (χ0) is 34.3. The first kappa shape index (κ1) is 29.9. The van der Waals surface area contributed by atoms with Gasteiger partial charge < -0.3 is 9.47 Å². The van der Waals surface area contributed by atoms with Crippen LogP contribution in [0.2, 0.25) is 0 Å². The number of carbonyl (C=O) groups is 1. The van der Waals surface area contributed by atoms with E-state index in [1.807, 2.05) is 55.5 Å². The van der Waals surface area contributed by atoms with E-state index in [1.54, 1.807) is 7.11 Å². The summed E-state index contributed by atoms with van der Waals surface area (Å²) in [5, 5.41) is 2.77. The van der Waals surface area contributed by atoms with E-state index in [-0.39, 0.29) is 23.0 Å². The molecule has 0 aromatic heterocycles. The Balaban J connectivity index is 1.07. The van der Waals surface area contributed by atoms with Crippen molar-refractivity contribution in [3.8, 4) is 17.2 Å². The maximum Gasteiger partial charge on any atom is 0.193 e. The van der Waals surface area contributed by atoms with Crippen LogP contribution < -0.4 is 9.47 Å². The predicted octanol–water partition coefficient (Wildman–Crippen LogP) is 11.2. The van der Waals surface area contributed by atoms with Crippen LogP contribution in [0.5, 0.6) is 17.2 Å². The van der Waals surface area contributed by atoms with E-state index in [9.17, 15) is 4.79 Å². The highest BCUT2D eigenvalue weighted by Gasteiger charge is 2.58. The third-order valence-electron chi connectivity index (χ3n) is 11.7. The van der Waals surface area contributed by atoms with Gasteiger partial charge in [-0.3, -0.25) is 4.79 Å². The van der Waals surface area contributed by atoms with E-state index < -0.39 is 0 Å². The number of hydrogen-bond donors (Lipinski definition) is 0. The molecule has 246 valence electrons. The summed E-state index contributed by atoms with van der Waals surface area (Å²) in [6.07, 6.45) is 11.8. The zero-order valence-corrected chi connectivity index (χ0v) is 28.7.